The van der Waals surface area contributed by atoms with Crippen LogP contribution in [0.25, 0.3) is 0 Å². The fraction of sp³-hybridized carbons (Fsp3) is 0.759. The summed E-state index contributed by atoms with van der Waals surface area (Å²) in [5.74, 6) is -0.526. The Morgan fingerprint density at radius 2 is 1.61 bits per heavy atom. The number of rotatable bonds is 34. The maximum Gasteiger partial charge on any atom is 0.412 e. The van der Waals surface area contributed by atoms with Crippen molar-refractivity contribution in [2.45, 2.75) is 179 Å². The van der Waals surface area contributed by atoms with Crippen molar-refractivity contribution in [1.82, 2.24) is 10.2 Å². The summed E-state index contributed by atoms with van der Waals surface area (Å²) in [7, 11) is 0. The summed E-state index contributed by atoms with van der Waals surface area (Å²) >= 11 is 0. The quantitative estimate of drug-likeness (QED) is 0.0297. The van der Waals surface area contributed by atoms with Gasteiger partial charge in [-0.1, -0.05) is 121 Å². The highest BCUT2D eigenvalue weighted by molar-refractivity contribution is 6.03. The van der Waals surface area contributed by atoms with Crippen LogP contribution in [0.5, 0.6) is 11.5 Å². The van der Waals surface area contributed by atoms with Crippen molar-refractivity contribution in [3.8, 4) is 11.5 Å². The number of carbonyl (C=O) groups excluding carboxylic acids is 2. The zero-order valence-corrected chi connectivity index (χ0v) is 41.3. The van der Waals surface area contributed by atoms with Crippen molar-refractivity contribution in [1.29, 1.82) is 0 Å². The van der Waals surface area contributed by atoms with Crippen LogP contribution in [0.2, 0.25) is 0 Å². The van der Waals surface area contributed by atoms with E-state index in [-0.39, 0.29) is 69.8 Å². The first-order valence-corrected chi connectivity index (χ1v) is 26.5. The highest BCUT2D eigenvalue weighted by Crippen LogP contribution is 2.62. The number of carbonyl (C=O) groups is 2. The van der Waals surface area contributed by atoms with Gasteiger partial charge in [-0.25, -0.2) is 4.79 Å². The zero-order chi connectivity index (χ0) is 47.7. The molecule has 13 heteroatoms. The molecule has 0 saturated heterocycles. The molecular weight excluding hydrogens is 851 g/mol. The number of benzene rings is 1. The van der Waals surface area contributed by atoms with Crippen molar-refractivity contribution in [3.63, 3.8) is 0 Å². The molecule has 2 saturated carbocycles. The number of amides is 2. The first-order chi connectivity index (χ1) is 32.8. The van der Waals surface area contributed by atoms with Gasteiger partial charge in [0, 0.05) is 50.6 Å². The fourth-order valence-electron chi connectivity index (χ4n) is 11.4. The fourth-order valence-corrected chi connectivity index (χ4v) is 11.4. The van der Waals surface area contributed by atoms with E-state index in [0.717, 1.165) is 81.1 Å². The SMILES string of the molecule is C=CCOC12Oc3ccc(OC(=O)NCCCCCCCCCCCC)cc3C3C(CCCCO)C(CCCCO)C=C(C(=NOCC)CC1N(CCOCCO)C(=O)CCC1CCCC1)C32. The molecule has 6 atom stereocenters. The minimum atomic E-state index is -1.40. The molecule has 1 aliphatic heterocycles. The molecule has 6 unspecified atom stereocenters. The number of nitrogens with one attached hydrogen (secondary N) is 1. The van der Waals surface area contributed by atoms with Gasteiger partial charge in [-0.2, -0.15) is 0 Å². The number of nitrogens with zero attached hydrogens (tertiary/aromatic N) is 2. The molecule has 1 heterocycles. The summed E-state index contributed by atoms with van der Waals surface area (Å²) in [6.45, 7) is 9.94. The van der Waals surface area contributed by atoms with Gasteiger partial charge in [0.05, 0.1) is 38.1 Å². The number of allylic oxidation sites excluding steroid dienone is 1. The summed E-state index contributed by atoms with van der Waals surface area (Å²) in [6, 6.07) is 4.93. The molecular formula is C54H87N3O10. The molecule has 0 bridgehead atoms. The molecule has 4 N–H and O–H groups in total. The Labute approximate surface area is 402 Å². The Bertz CT molecular complexity index is 1680. The lowest BCUT2D eigenvalue weighted by molar-refractivity contribution is -0.258. The first kappa shape index (κ1) is 54.5. The number of aliphatic hydroxyl groups excluding tert-OH is 3. The molecule has 0 aromatic heterocycles. The Morgan fingerprint density at radius 1 is 0.896 bits per heavy atom. The van der Waals surface area contributed by atoms with E-state index in [9.17, 15) is 24.9 Å². The third-order valence-electron chi connectivity index (χ3n) is 14.6. The van der Waals surface area contributed by atoms with Crippen LogP contribution in [0.15, 0.2) is 47.7 Å². The van der Waals surface area contributed by atoms with E-state index in [1.54, 1.807) is 12.1 Å². The van der Waals surface area contributed by atoms with Crippen LogP contribution >= 0.6 is 0 Å². The average Bonchev–Trinajstić information content (AvgIpc) is 3.86. The number of ether oxygens (including phenoxy) is 4. The minimum absolute atomic E-state index is 0.00929. The van der Waals surface area contributed by atoms with Crippen molar-refractivity contribution < 1.29 is 48.7 Å². The molecule has 2 fully saturated rings. The summed E-state index contributed by atoms with van der Waals surface area (Å²) in [5.41, 5.74) is 2.57. The summed E-state index contributed by atoms with van der Waals surface area (Å²) < 4.78 is 26.3. The lowest BCUT2D eigenvalue weighted by Crippen LogP contribution is -2.70. The molecule has 0 radical (unpaired) electrons. The van der Waals surface area contributed by atoms with Crippen LogP contribution in [0.1, 0.15) is 173 Å². The molecule has 5 rings (SSSR count). The van der Waals surface area contributed by atoms with Crippen LogP contribution in [-0.2, 0) is 19.1 Å². The molecule has 0 spiro atoms. The normalized spacial score (nSPS) is 23.8. The Balaban J connectivity index is 1.53. The number of aliphatic hydroxyl groups is 3. The van der Waals surface area contributed by atoms with Crippen molar-refractivity contribution in [2.24, 2.45) is 28.8 Å². The molecule has 1 aromatic carbocycles. The van der Waals surface area contributed by atoms with E-state index >= 15 is 0 Å². The summed E-state index contributed by atoms with van der Waals surface area (Å²) in [5, 5.41) is 37.3. The van der Waals surface area contributed by atoms with Crippen LogP contribution in [0.3, 0.4) is 0 Å². The number of hydrogen-bond acceptors (Lipinski definition) is 11. The lowest BCUT2D eigenvalue weighted by Gasteiger charge is -2.60. The molecule has 3 aliphatic carbocycles. The largest absolute Gasteiger partial charge is 0.459 e. The van der Waals surface area contributed by atoms with E-state index in [2.05, 4.69) is 24.9 Å². The predicted molar refractivity (Wildman–Crippen MR) is 263 cm³/mol. The molecule has 378 valence electrons. The number of oxime groups is 1. The van der Waals surface area contributed by atoms with Gasteiger partial charge in [0.1, 0.15) is 24.1 Å². The average molecular weight is 938 g/mol. The van der Waals surface area contributed by atoms with Crippen molar-refractivity contribution >= 4 is 17.7 Å². The third kappa shape index (κ3) is 15.8. The predicted octanol–water partition coefficient (Wildman–Crippen LogP) is 10.2. The highest BCUT2D eigenvalue weighted by atomic mass is 16.7. The Hall–Kier alpha value is -3.49. The standard InChI is InChI=1S/C54H87N3O10/c1-4-7-8-9-10-11-12-13-14-19-30-55-53(62)66-43-27-28-48-46(39-43)51-44(25-18-21-33-59)42(24-17-20-32-58)38-45-47(56-65-6-3)40-49(54(67-48,52(45)51)64-35-5-2)57(31-36-63-37-34-60)50(61)29-26-41-22-15-16-23-41/h5,27-28,38-39,41-42,44,49,51-52,58-60H,2,4,6-26,29-37,40H2,1,3H3,(H,55,62). The number of fused-ring (bicyclic) bond motifs is 2. The van der Waals surface area contributed by atoms with Gasteiger partial charge in [-0.3, -0.25) is 4.79 Å². The van der Waals surface area contributed by atoms with Gasteiger partial charge in [-0.05, 0) is 87.0 Å². The van der Waals surface area contributed by atoms with Crippen LogP contribution in [-0.4, -0.2) is 109 Å². The van der Waals surface area contributed by atoms with Crippen molar-refractivity contribution in [2.75, 3.05) is 59.3 Å². The summed E-state index contributed by atoms with van der Waals surface area (Å²) in [6.07, 6.45) is 26.4. The molecule has 67 heavy (non-hydrogen) atoms. The summed E-state index contributed by atoms with van der Waals surface area (Å²) in [4.78, 5) is 36.0. The first-order valence-electron chi connectivity index (χ1n) is 26.5. The second-order valence-electron chi connectivity index (χ2n) is 19.3. The van der Waals surface area contributed by atoms with Crippen LogP contribution in [0.4, 0.5) is 4.79 Å². The second kappa shape index (κ2) is 30.2. The number of hydrogen-bond donors (Lipinski definition) is 4. The van der Waals surface area contributed by atoms with Gasteiger partial charge in [0.15, 0.2) is 0 Å². The van der Waals surface area contributed by atoms with E-state index in [4.69, 9.17) is 28.9 Å². The molecule has 1 aromatic rings. The van der Waals surface area contributed by atoms with Crippen LogP contribution in [0, 0.1) is 23.7 Å². The third-order valence-corrected chi connectivity index (χ3v) is 14.6. The van der Waals surface area contributed by atoms with Crippen LogP contribution < -0.4 is 14.8 Å². The van der Waals surface area contributed by atoms with E-state index in [0.29, 0.717) is 56.3 Å². The van der Waals surface area contributed by atoms with Gasteiger partial charge in [0.25, 0.3) is 0 Å². The number of unbranched alkanes of at least 4 members (excludes halogenated alkanes) is 11. The maximum absolute atomic E-state index is 14.9. The van der Waals surface area contributed by atoms with E-state index in [1.165, 1.54) is 57.8 Å². The maximum atomic E-state index is 14.9. The topological polar surface area (TPSA) is 169 Å². The van der Waals surface area contributed by atoms with E-state index < -0.39 is 23.8 Å². The van der Waals surface area contributed by atoms with E-state index in [1.807, 2.05) is 24.0 Å². The minimum Gasteiger partial charge on any atom is -0.459 e. The van der Waals surface area contributed by atoms with Gasteiger partial charge in [0.2, 0.25) is 11.7 Å². The smallest absolute Gasteiger partial charge is 0.412 e. The Kier molecular flexibility index (Phi) is 24.5. The highest BCUT2D eigenvalue weighted by Gasteiger charge is 2.65. The van der Waals surface area contributed by atoms with Crippen molar-refractivity contribution in [3.05, 3.63) is 48.1 Å². The van der Waals surface area contributed by atoms with Gasteiger partial charge in [-0.15, -0.1) is 6.58 Å². The molecule has 4 aliphatic rings. The Morgan fingerprint density at radius 3 is 2.30 bits per heavy atom. The second-order valence-corrected chi connectivity index (χ2v) is 19.3. The van der Waals surface area contributed by atoms with Gasteiger partial charge < -0.3 is 49.3 Å². The lowest BCUT2D eigenvalue weighted by atomic mass is 9.55. The zero-order valence-electron chi connectivity index (χ0n) is 41.3. The monoisotopic (exact) mass is 938 g/mol. The molecule has 13 nitrogen and oxygen atoms in total. The van der Waals surface area contributed by atoms with Gasteiger partial charge >= 0.3 is 6.09 Å². The molecule has 2 amide bonds.